The standard InChI is InChI=1S/C12H15FN2O2S/c1-3-5-10(4-2)15-18(16,17)12-8-9(13)6-7-11(12)14/h1,6-8,10,15H,4-5,14H2,2H3. The number of halogens is 1. The molecule has 1 atom stereocenters. The number of nitrogens with one attached hydrogen (secondary N) is 1. The first kappa shape index (κ1) is 14.5. The fourth-order valence-electron chi connectivity index (χ4n) is 1.44. The predicted molar refractivity (Wildman–Crippen MR) is 68.7 cm³/mol. The number of terminal acetylenes is 1. The van der Waals surface area contributed by atoms with E-state index in [4.69, 9.17) is 12.2 Å². The molecule has 6 heteroatoms. The molecular weight excluding hydrogens is 255 g/mol. The van der Waals surface area contributed by atoms with E-state index in [1.165, 1.54) is 6.07 Å². The van der Waals surface area contributed by atoms with Gasteiger partial charge in [0.1, 0.15) is 10.7 Å². The van der Waals surface area contributed by atoms with Gasteiger partial charge in [0.15, 0.2) is 0 Å². The smallest absolute Gasteiger partial charge is 0.243 e. The van der Waals surface area contributed by atoms with E-state index in [-0.39, 0.29) is 23.0 Å². The second-order valence-electron chi connectivity index (χ2n) is 3.82. The average Bonchev–Trinajstić information content (AvgIpc) is 2.31. The van der Waals surface area contributed by atoms with Gasteiger partial charge in [0, 0.05) is 12.5 Å². The van der Waals surface area contributed by atoms with Crippen LogP contribution >= 0.6 is 0 Å². The largest absolute Gasteiger partial charge is 0.398 e. The molecule has 4 nitrogen and oxygen atoms in total. The summed E-state index contributed by atoms with van der Waals surface area (Å²) in [5, 5.41) is 0. The van der Waals surface area contributed by atoms with E-state index in [9.17, 15) is 12.8 Å². The van der Waals surface area contributed by atoms with Gasteiger partial charge in [-0.2, -0.15) is 0 Å². The van der Waals surface area contributed by atoms with E-state index in [2.05, 4.69) is 10.6 Å². The van der Waals surface area contributed by atoms with Crippen molar-refractivity contribution in [3.63, 3.8) is 0 Å². The van der Waals surface area contributed by atoms with Crippen LogP contribution in [0.25, 0.3) is 0 Å². The molecule has 1 aromatic rings. The molecule has 0 saturated carbocycles. The molecule has 0 bridgehead atoms. The van der Waals surface area contributed by atoms with Crippen LogP contribution in [0.5, 0.6) is 0 Å². The van der Waals surface area contributed by atoms with Crippen molar-refractivity contribution in [3.8, 4) is 12.3 Å². The maximum atomic E-state index is 13.1. The van der Waals surface area contributed by atoms with Gasteiger partial charge in [0.25, 0.3) is 0 Å². The Morgan fingerprint density at radius 3 is 2.78 bits per heavy atom. The average molecular weight is 270 g/mol. The van der Waals surface area contributed by atoms with E-state index < -0.39 is 15.8 Å². The highest BCUT2D eigenvalue weighted by Crippen LogP contribution is 2.19. The lowest BCUT2D eigenvalue weighted by Gasteiger charge is -2.15. The summed E-state index contributed by atoms with van der Waals surface area (Å²) in [6, 6.07) is 2.82. The van der Waals surface area contributed by atoms with E-state index in [0.29, 0.717) is 6.42 Å². The zero-order valence-corrected chi connectivity index (χ0v) is 10.8. The lowest BCUT2D eigenvalue weighted by atomic mass is 10.2. The minimum Gasteiger partial charge on any atom is -0.398 e. The fourth-order valence-corrected chi connectivity index (χ4v) is 2.90. The van der Waals surface area contributed by atoms with Crippen LogP contribution in [-0.2, 0) is 10.0 Å². The Bertz CT molecular complexity index is 564. The van der Waals surface area contributed by atoms with Crippen LogP contribution in [0.15, 0.2) is 23.1 Å². The van der Waals surface area contributed by atoms with Gasteiger partial charge < -0.3 is 5.73 Å². The Morgan fingerprint density at radius 1 is 1.56 bits per heavy atom. The molecule has 1 rings (SSSR count). The van der Waals surface area contributed by atoms with Crippen molar-refractivity contribution in [1.82, 2.24) is 4.72 Å². The predicted octanol–water partition coefficient (Wildman–Crippen LogP) is 1.49. The number of hydrogen-bond donors (Lipinski definition) is 2. The number of rotatable bonds is 5. The maximum absolute atomic E-state index is 13.1. The van der Waals surface area contributed by atoms with Crippen molar-refractivity contribution < 1.29 is 12.8 Å². The van der Waals surface area contributed by atoms with Crippen LogP contribution < -0.4 is 10.5 Å². The van der Waals surface area contributed by atoms with Crippen LogP contribution in [-0.4, -0.2) is 14.5 Å². The highest BCUT2D eigenvalue weighted by Gasteiger charge is 2.21. The second-order valence-corrected chi connectivity index (χ2v) is 5.50. The molecule has 0 amide bonds. The Kier molecular flexibility index (Phi) is 4.70. The molecule has 0 aromatic heterocycles. The van der Waals surface area contributed by atoms with E-state index in [1.54, 1.807) is 6.92 Å². The van der Waals surface area contributed by atoms with Crippen molar-refractivity contribution in [2.45, 2.75) is 30.7 Å². The third-order valence-electron chi connectivity index (χ3n) is 2.44. The minimum absolute atomic E-state index is 0.000499. The molecule has 0 aliphatic carbocycles. The van der Waals surface area contributed by atoms with Gasteiger partial charge in [0.2, 0.25) is 10.0 Å². The molecule has 18 heavy (non-hydrogen) atoms. The van der Waals surface area contributed by atoms with Gasteiger partial charge >= 0.3 is 0 Å². The molecule has 0 spiro atoms. The third kappa shape index (κ3) is 3.45. The fraction of sp³-hybridized carbons (Fsp3) is 0.333. The van der Waals surface area contributed by atoms with Crippen LogP contribution in [0.3, 0.4) is 0 Å². The number of nitrogen functional groups attached to an aromatic ring is 1. The van der Waals surface area contributed by atoms with Gasteiger partial charge in [-0.3, -0.25) is 0 Å². The van der Waals surface area contributed by atoms with Crippen LogP contribution in [0.2, 0.25) is 0 Å². The Balaban J connectivity index is 3.06. The monoisotopic (exact) mass is 270 g/mol. The number of nitrogens with two attached hydrogens (primary N) is 1. The van der Waals surface area contributed by atoms with Crippen molar-refractivity contribution in [1.29, 1.82) is 0 Å². The van der Waals surface area contributed by atoms with Crippen LogP contribution in [0, 0.1) is 18.2 Å². The van der Waals surface area contributed by atoms with Gasteiger partial charge in [-0.25, -0.2) is 17.5 Å². The molecule has 0 radical (unpaired) electrons. The first-order valence-corrected chi connectivity index (χ1v) is 6.89. The number of sulfonamides is 1. The zero-order valence-electron chi connectivity index (χ0n) is 9.98. The molecule has 0 saturated heterocycles. The first-order chi connectivity index (χ1) is 8.40. The summed E-state index contributed by atoms with van der Waals surface area (Å²) in [6.45, 7) is 1.81. The van der Waals surface area contributed by atoms with Crippen molar-refractivity contribution >= 4 is 15.7 Å². The third-order valence-corrected chi connectivity index (χ3v) is 4.02. The molecule has 1 unspecified atom stereocenters. The van der Waals surface area contributed by atoms with Crippen LogP contribution in [0.4, 0.5) is 10.1 Å². The summed E-state index contributed by atoms with van der Waals surface area (Å²) in [4.78, 5) is -0.266. The first-order valence-electron chi connectivity index (χ1n) is 5.41. The number of hydrogen-bond acceptors (Lipinski definition) is 3. The Hall–Kier alpha value is -1.58. The van der Waals surface area contributed by atoms with E-state index >= 15 is 0 Å². The topological polar surface area (TPSA) is 72.2 Å². The summed E-state index contributed by atoms with van der Waals surface area (Å²) in [5.41, 5.74) is 5.54. The molecule has 0 heterocycles. The molecule has 0 aliphatic heterocycles. The SMILES string of the molecule is C#CCC(CC)NS(=O)(=O)c1cc(F)ccc1N. The lowest BCUT2D eigenvalue weighted by Crippen LogP contribution is -2.34. The van der Waals surface area contributed by atoms with Crippen molar-refractivity contribution in [2.75, 3.05) is 5.73 Å². The minimum atomic E-state index is -3.86. The van der Waals surface area contributed by atoms with Gasteiger partial charge in [0.05, 0.1) is 5.69 Å². The normalized spacial score (nSPS) is 12.9. The molecule has 0 aliphatic rings. The van der Waals surface area contributed by atoms with Crippen molar-refractivity contribution in [2.24, 2.45) is 0 Å². The van der Waals surface area contributed by atoms with Gasteiger partial charge in [-0.1, -0.05) is 6.92 Å². The molecule has 98 valence electrons. The maximum Gasteiger partial charge on any atom is 0.243 e. The van der Waals surface area contributed by atoms with Crippen LogP contribution in [0.1, 0.15) is 19.8 Å². The summed E-state index contributed by atoms with van der Waals surface area (Å²) in [5.74, 6) is 1.73. The number of anilines is 1. The second kappa shape index (κ2) is 5.85. The zero-order chi connectivity index (χ0) is 13.8. The van der Waals surface area contributed by atoms with Gasteiger partial charge in [-0.05, 0) is 24.6 Å². The number of benzene rings is 1. The van der Waals surface area contributed by atoms with Gasteiger partial charge in [-0.15, -0.1) is 12.3 Å². The molecule has 1 aromatic carbocycles. The Labute approximate surface area is 106 Å². The van der Waals surface area contributed by atoms with Crippen molar-refractivity contribution in [3.05, 3.63) is 24.0 Å². The molecular formula is C12H15FN2O2S. The summed E-state index contributed by atoms with van der Waals surface area (Å²) in [6.07, 6.45) is 5.96. The van der Waals surface area contributed by atoms with E-state index in [1.807, 2.05) is 0 Å². The summed E-state index contributed by atoms with van der Waals surface area (Å²) in [7, 11) is -3.86. The highest BCUT2D eigenvalue weighted by atomic mass is 32.2. The lowest BCUT2D eigenvalue weighted by molar-refractivity contribution is 0.542. The summed E-state index contributed by atoms with van der Waals surface area (Å²) >= 11 is 0. The quantitative estimate of drug-likeness (QED) is 0.629. The summed E-state index contributed by atoms with van der Waals surface area (Å²) < 4.78 is 39.5. The highest BCUT2D eigenvalue weighted by molar-refractivity contribution is 7.89. The molecule has 3 N–H and O–H groups in total. The van der Waals surface area contributed by atoms with E-state index in [0.717, 1.165) is 12.1 Å². The molecule has 0 fully saturated rings. The Morgan fingerprint density at radius 2 is 2.22 bits per heavy atom.